The number of piperidine rings is 1. The van der Waals surface area contributed by atoms with Gasteiger partial charge < -0.3 is 45.5 Å². The lowest BCUT2D eigenvalue weighted by molar-refractivity contribution is -0.384. The Balaban J connectivity index is 0.626. The number of carbonyl (C=O) groups is 4. The molecule has 3 fully saturated rings. The summed E-state index contributed by atoms with van der Waals surface area (Å²) < 4.78 is 36.6. The molecule has 7 aromatic rings. The number of hydrogen-bond donors (Lipinski definition) is 6. The number of likely N-dealkylation sites (tertiary alicyclic amines) is 2. The third-order valence-electron chi connectivity index (χ3n) is 19.7. The van der Waals surface area contributed by atoms with Crippen LogP contribution in [0.25, 0.3) is 27.0 Å². The topological polar surface area (TPSA) is 278 Å². The number of nitrogens with one attached hydrogen (secondary N) is 5. The number of fused-ring (bicyclic) bond motifs is 1. The summed E-state index contributed by atoms with van der Waals surface area (Å²) in [5.74, 6) is -1.34. The Hall–Kier alpha value is -8.26. The SMILES string of the molecule is Cc1ncsc1-c1ccc(CNC(=O)[C@@H]2C[C@@H](O)CN2C(=O)[C@@H](NC(=O)CCCCCCN2CCC(CNc3ccc(S(=O)(=O)NC(=O)c4ccc(N5CCN(CC6=C(c7ccc(Cl)cc7)CC(C)(C)CC6)CC5)cc4Oc4cnc5[nH]ccc5c4)cc3[N+](=O)[O-])CC2)C(C)(C)C)cc1. The van der Waals surface area contributed by atoms with Gasteiger partial charge in [-0.3, -0.25) is 34.2 Å². The van der Waals surface area contributed by atoms with Crippen molar-refractivity contribution in [1.82, 2.24) is 45.0 Å². The number of sulfonamides is 1. The molecule has 3 atom stereocenters. The predicted octanol–water partition coefficient (Wildman–Crippen LogP) is 12.1. The van der Waals surface area contributed by atoms with Crippen LogP contribution in [0.3, 0.4) is 0 Å². The number of β-amino-alcohol motifs (C(OH)–C–C–N with tert-alkyl or cyclic N) is 1. The molecule has 3 aliphatic heterocycles. The Bertz CT molecular complexity index is 4190. The molecule has 3 saturated heterocycles. The summed E-state index contributed by atoms with van der Waals surface area (Å²) in [5, 5.41) is 33.8. The van der Waals surface area contributed by atoms with E-state index in [1.807, 2.05) is 75.7 Å². The van der Waals surface area contributed by atoms with Gasteiger partial charge in [0.25, 0.3) is 21.6 Å². The van der Waals surface area contributed by atoms with Crippen LogP contribution in [0.15, 0.2) is 125 Å². The highest BCUT2D eigenvalue weighted by atomic mass is 35.5. The number of nitro groups is 1. The number of nitro benzene ring substituents is 1. The fraction of sp³-hybridized carbons (Fsp3) is 0.459. The van der Waals surface area contributed by atoms with Gasteiger partial charge in [0.15, 0.2) is 0 Å². The number of pyridine rings is 1. The second-order valence-corrected chi connectivity index (χ2v) is 31.7. The molecule has 11 rings (SSSR count). The summed E-state index contributed by atoms with van der Waals surface area (Å²) in [7, 11) is -4.65. The number of aromatic amines is 1. The molecule has 22 nitrogen and oxygen atoms in total. The van der Waals surface area contributed by atoms with Crippen LogP contribution in [0, 0.1) is 33.8 Å². The lowest BCUT2D eigenvalue weighted by Crippen LogP contribution is -2.57. The van der Waals surface area contributed by atoms with Gasteiger partial charge in [-0.1, -0.05) is 101 Å². The van der Waals surface area contributed by atoms with Crippen LogP contribution in [0.4, 0.5) is 17.1 Å². The van der Waals surface area contributed by atoms with Crippen molar-refractivity contribution in [3.05, 3.63) is 158 Å². The maximum atomic E-state index is 14.2. The number of allylic oxidation sites excluding steroid dienone is 1. The van der Waals surface area contributed by atoms with E-state index in [-0.39, 0.29) is 66.1 Å². The van der Waals surface area contributed by atoms with Crippen molar-refractivity contribution in [3.63, 3.8) is 0 Å². The fourth-order valence-electron chi connectivity index (χ4n) is 13.9. The van der Waals surface area contributed by atoms with Gasteiger partial charge in [0.1, 0.15) is 34.9 Å². The highest BCUT2D eigenvalue weighted by molar-refractivity contribution is 7.90. The number of ether oxygens (including phenoxy) is 1. The first-order valence-corrected chi connectivity index (χ1v) is 37.1. The second kappa shape index (κ2) is 31.5. The van der Waals surface area contributed by atoms with Gasteiger partial charge in [0.05, 0.1) is 43.8 Å². The van der Waals surface area contributed by atoms with Crippen LogP contribution in [0.1, 0.15) is 132 Å². The van der Waals surface area contributed by atoms with Gasteiger partial charge in [-0.2, -0.15) is 0 Å². The maximum Gasteiger partial charge on any atom is 0.293 e. The minimum atomic E-state index is -4.65. The molecule has 0 radical (unpaired) electrons. The van der Waals surface area contributed by atoms with Crippen LogP contribution in [0.2, 0.25) is 5.02 Å². The van der Waals surface area contributed by atoms with E-state index in [2.05, 4.69) is 76.3 Å². The first kappa shape index (κ1) is 72.0. The van der Waals surface area contributed by atoms with Crippen molar-refractivity contribution in [1.29, 1.82) is 0 Å². The van der Waals surface area contributed by atoms with Crippen LogP contribution in [-0.2, 0) is 31.0 Å². The minimum absolute atomic E-state index is 0.00559. The number of carbonyl (C=O) groups excluding carboxylic acids is 4. The van der Waals surface area contributed by atoms with Crippen LogP contribution < -0.4 is 30.3 Å². The molecule has 4 aliphatic rings. The van der Waals surface area contributed by atoms with Crippen molar-refractivity contribution in [2.24, 2.45) is 16.7 Å². The average molecular weight is 1410 g/mol. The van der Waals surface area contributed by atoms with Gasteiger partial charge in [0.2, 0.25) is 17.7 Å². The van der Waals surface area contributed by atoms with E-state index in [0.29, 0.717) is 42.5 Å². The number of aliphatic hydroxyl groups is 1. The van der Waals surface area contributed by atoms with E-state index in [1.54, 1.807) is 35.7 Å². The largest absolute Gasteiger partial charge is 0.455 e. The van der Waals surface area contributed by atoms with Crippen LogP contribution in [-0.4, -0.2) is 155 Å². The summed E-state index contributed by atoms with van der Waals surface area (Å²) in [6.07, 6.45) is 10.9. The number of thiazole rings is 1. The molecular weight excluding hydrogens is 1320 g/mol. The number of aromatic nitrogens is 3. The summed E-state index contributed by atoms with van der Waals surface area (Å²) >= 11 is 7.85. The average Bonchev–Trinajstić information content (AvgIpc) is 1.33. The van der Waals surface area contributed by atoms with E-state index in [1.165, 1.54) is 46.0 Å². The zero-order chi connectivity index (χ0) is 70.2. The Kier molecular flexibility index (Phi) is 22.9. The molecule has 6 heterocycles. The molecule has 0 unspecified atom stereocenters. The van der Waals surface area contributed by atoms with Gasteiger partial charge in [0, 0.05) is 99.6 Å². The molecule has 1 aliphatic carbocycles. The third kappa shape index (κ3) is 18.4. The van der Waals surface area contributed by atoms with Crippen LogP contribution in [0.5, 0.6) is 11.5 Å². The molecule has 4 amide bonds. The number of anilines is 2. The van der Waals surface area contributed by atoms with Crippen molar-refractivity contribution in [2.75, 3.05) is 75.7 Å². The van der Waals surface area contributed by atoms with Crippen molar-refractivity contribution < 1.29 is 42.4 Å². The quantitative estimate of drug-likeness (QED) is 0.0167. The van der Waals surface area contributed by atoms with E-state index >= 15 is 0 Å². The first-order chi connectivity index (χ1) is 47.3. The Labute approximate surface area is 588 Å². The number of halogens is 1. The van der Waals surface area contributed by atoms with Crippen molar-refractivity contribution >= 4 is 90.3 Å². The number of amides is 4. The summed E-state index contributed by atoms with van der Waals surface area (Å²) in [5.41, 5.74) is 9.39. The lowest BCUT2D eigenvalue weighted by atomic mass is 9.72. The minimum Gasteiger partial charge on any atom is -0.455 e. The molecule has 4 aromatic carbocycles. The number of aliphatic hydroxyl groups excluding tert-OH is 1. The Morgan fingerprint density at radius 3 is 2.34 bits per heavy atom. The van der Waals surface area contributed by atoms with Gasteiger partial charge >= 0.3 is 0 Å². The monoisotopic (exact) mass is 1410 g/mol. The van der Waals surface area contributed by atoms with Crippen LogP contribution >= 0.6 is 22.9 Å². The highest BCUT2D eigenvalue weighted by Crippen LogP contribution is 2.44. The van der Waals surface area contributed by atoms with E-state index in [9.17, 15) is 42.8 Å². The van der Waals surface area contributed by atoms with E-state index in [0.717, 1.165) is 129 Å². The molecular formula is C74H91ClN12O10S2. The van der Waals surface area contributed by atoms with Gasteiger partial charge in [-0.25, -0.2) is 23.1 Å². The Morgan fingerprint density at radius 1 is 0.889 bits per heavy atom. The smallest absolute Gasteiger partial charge is 0.293 e. The number of H-pyrrole nitrogens is 1. The molecule has 99 heavy (non-hydrogen) atoms. The molecule has 0 bridgehead atoms. The number of piperazine rings is 1. The summed E-state index contributed by atoms with van der Waals surface area (Å²) in [6, 6.07) is 26.5. The Morgan fingerprint density at radius 2 is 1.63 bits per heavy atom. The maximum absolute atomic E-state index is 14.2. The second-order valence-electron chi connectivity index (χ2n) is 28.7. The standard InChI is InChI=1S/C74H91ClN12O10S2/c1-48-67(98-47-80-48)52-14-12-49(13-15-52)43-79-71(91)64-39-57(88)46-86(64)72(92)68(73(2,3)4)81-66(89)11-9-7-8-10-30-83-31-26-50(27-32-83)42-77-62-23-21-59(40-63(62)87(93)94)99(95,96)82-70(90)60-22-20-56(38-65(60)97-58-37-53-25-29-76-69(53)78-44-58)85-35-33-84(34-36-85)45-54-24-28-74(5,6)41-61(54)51-16-18-55(75)19-17-51/h12-23,25,29,37-38,40,44,47,50,57,64,68,77,88H,7-11,24,26-28,30-36,39,41-43,45-46H2,1-6H3,(H,76,78)(H,79,91)(H,81,89)(H,82,90)/t57-,64+,68-/m1/s1. The molecule has 0 spiro atoms. The van der Waals surface area contributed by atoms with Crippen molar-refractivity contribution in [2.45, 2.75) is 142 Å². The number of rotatable bonds is 26. The highest BCUT2D eigenvalue weighted by Gasteiger charge is 2.45. The predicted molar refractivity (Wildman–Crippen MR) is 387 cm³/mol. The lowest BCUT2D eigenvalue weighted by Gasteiger charge is -2.39. The zero-order valence-corrected chi connectivity index (χ0v) is 59.7. The summed E-state index contributed by atoms with van der Waals surface area (Å²) in [6.45, 7) is 19.3. The van der Waals surface area contributed by atoms with Crippen molar-refractivity contribution in [3.8, 4) is 21.9 Å². The number of benzene rings is 4. The number of aryl methyl sites for hydroxylation is 1. The number of nitrogens with zero attached hydrogens (tertiary/aromatic N) is 7. The molecule has 526 valence electrons. The molecule has 6 N–H and O–H groups in total. The molecule has 25 heteroatoms. The first-order valence-electron chi connectivity index (χ1n) is 34.4. The van der Waals surface area contributed by atoms with E-state index in [4.69, 9.17) is 16.3 Å². The molecule has 3 aromatic heterocycles. The normalized spacial score (nSPS) is 18.3. The van der Waals surface area contributed by atoms with Gasteiger partial charge in [-0.05, 0) is 159 Å². The third-order valence-corrected chi connectivity index (χ3v) is 22.2. The summed E-state index contributed by atoms with van der Waals surface area (Å²) in [4.78, 5) is 88.3. The fourth-order valence-corrected chi connectivity index (χ4v) is 15.8. The zero-order valence-electron chi connectivity index (χ0n) is 57.3. The van der Waals surface area contributed by atoms with E-state index < -0.39 is 60.9 Å². The number of hydrogen-bond acceptors (Lipinski definition) is 17. The molecule has 0 saturated carbocycles. The van der Waals surface area contributed by atoms with Gasteiger partial charge in [-0.15, -0.1) is 11.3 Å². The number of unbranched alkanes of at least 4 members (excludes halogenated alkanes) is 3.